The Bertz CT molecular complexity index is 1440. The summed E-state index contributed by atoms with van der Waals surface area (Å²) in [6.07, 6.45) is 8.39. The van der Waals surface area contributed by atoms with Crippen LogP contribution in [0.15, 0.2) is 104 Å². The zero-order valence-corrected chi connectivity index (χ0v) is 25.9. The van der Waals surface area contributed by atoms with Gasteiger partial charge in [0, 0.05) is 18.6 Å². The van der Waals surface area contributed by atoms with Crippen LogP contribution in [-0.2, 0) is 23.9 Å². The van der Waals surface area contributed by atoms with Crippen molar-refractivity contribution in [2.24, 2.45) is 0 Å². The maximum atomic E-state index is 12.4. The molecule has 3 aromatic rings. The van der Waals surface area contributed by atoms with Crippen LogP contribution in [0.3, 0.4) is 0 Å². The Labute approximate surface area is 269 Å². The smallest absolute Gasteiger partial charge is 0.336 e. The number of aliphatic hydroxyl groups excluding tert-OH is 1. The highest BCUT2D eigenvalue weighted by atomic mass is 16.5. The molecular weight excluding hydrogens is 588 g/mol. The molecule has 0 bridgehead atoms. The minimum Gasteiger partial charge on any atom is -0.494 e. The molecule has 0 fully saturated rings. The van der Waals surface area contributed by atoms with Gasteiger partial charge in [-0.3, -0.25) is 0 Å². The van der Waals surface area contributed by atoms with Gasteiger partial charge in [0.1, 0.15) is 17.2 Å². The van der Waals surface area contributed by atoms with E-state index in [1.165, 1.54) is 6.08 Å². The quantitative estimate of drug-likeness (QED) is 0.0647. The standard InChI is InChI=1S/C37H40O9/c1-3-35(39)44-24-7-5-4-6-23-42-32-16-9-29(10-17-32)11-22-36(40)46-34-20-14-31(15-21-34)30-12-18-33(19-13-30)43-25-8-26-45-37(41)28(2)27-38/h3,9-22,38H,1-2,4-8,23-27H2/b22-11+. The minimum atomic E-state index is -0.611. The number of unbranched alkanes of at least 4 members (excludes halogenated alkanes) is 3. The van der Waals surface area contributed by atoms with Gasteiger partial charge in [-0.1, -0.05) is 49.6 Å². The van der Waals surface area contributed by atoms with E-state index in [1.807, 2.05) is 60.7 Å². The second kappa shape index (κ2) is 20.0. The number of benzene rings is 3. The second-order valence-corrected chi connectivity index (χ2v) is 10.1. The fraction of sp³-hybridized carbons (Fsp3) is 0.270. The van der Waals surface area contributed by atoms with Crippen LogP contribution < -0.4 is 14.2 Å². The normalized spacial score (nSPS) is 10.6. The summed E-state index contributed by atoms with van der Waals surface area (Å²) in [5.41, 5.74) is 2.78. The molecule has 46 heavy (non-hydrogen) atoms. The van der Waals surface area contributed by atoms with E-state index in [2.05, 4.69) is 13.2 Å². The lowest BCUT2D eigenvalue weighted by molar-refractivity contribution is -0.140. The second-order valence-electron chi connectivity index (χ2n) is 10.1. The third kappa shape index (κ3) is 13.2. The van der Waals surface area contributed by atoms with Crippen molar-refractivity contribution in [2.45, 2.75) is 32.1 Å². The van der Waals surface area contributed by atoms with Crippen LogP contribution in [0.5, 0.6) is 17.2 Å². The summed E-state index contributed by atoms with van der Waals surface area (Å²) in [6, 6.07) is 22.2. The van der Waals surface area contributed by atoms with E-state index in [1.54, 1.807) is 18.2 Å². The summed E-state index contributed by atoms with van der Waals surface area (Å²) in [5.74, 6) is 0.385. The Kier molecular flexibility index (Phi) is 15.4. The molecule has 1 N–H and O–H groups in total. The van der Waals surface area contributed by atoms with Crippen LogP contribution in [0.25, 0.3) is 17.2 Å². The maximum absolute atomic E-state index is 12.4. The third-order valence-corrected chi connectivity index (χ3v) is 6.54. The molecule has 242 valence electrons. The first-order chi connectivity index (χ1) is 22.4. The molecule has 0 heterocycles. The number of carbonyl (C=O) groups is 3. The van der Waals surface area contributed by atoms with Crippen LogP contribution >= 0.6 is 0 Å². The molecule has 0 aliphatic carbocycles. The molecule has 3 rings (SSSR count). The molecule has 9 heteroatoms. The predicted molar refractivity (Wildman–Crippen MR) is 175 cm³/mol. The molecule has 0 amide bonds. The number of rotatable bonds is 20. The fourth-order valence-electron chi connectivity index (χ4n) is 4.01. The largest absolute Gasteiger partial charge is 0.494 e. The molecule has 0 saturated heterocycles. The lowest BCUT2D eigenvalue weighted by Gasteiger charge is -2.09. The molecule has 0 spiro atoms. The molecule has 0 atom stereocenters. The zero-order chi connectivity index (χ0) is 33.0. The van der Waals surface area contributed by atoms with E-state index in [4.69, 9.17) is 28.8 Å². The summed E-state index contributed by atoms with van der Waals surface area (Å²) in [5, 5.41) is 8.86. The number of hydrogen-bond acceptors (Lipinski definition) is 9. The Balaban J connectivity index is 1.34. The number of carbonyl (C=O) groups excluding carboxylic acids is 3. The average Bonchev–Trinajstić information content (AvgIpc) is 3.08. The minimum absolute atomic E-state index is 0.0207. The van der Waals surface area contributed by atoms with Crippen molar-refractivity contribution in [3.63, 3.8) is 0 Å². The molecule has 9 nitrogen and oxygen atoms in total. The van der Waals surface area contributed by atoms with Crippen molar-refractivity contribution >= 4 is 24.0 Å². The highest BCUT2D eigenvalue weighted by Crippen LogP contribution is 2.25. The van der Waals surface area contributed by atoms with Crippen molar-refractivity contribution in [3.05, 3.63) is 109 Å². The van der Waals surface area contributed by atoms with E-state index in [0.29, 0.717) is 37.7 Å². The summed E-state index contributed by atoms with van der Waals surface area (Å²) in [6.45, 7) is 7.90. The highest BCUT2D eigenvalue weighted by Gasteiger charge is 2.07. The molecule has 0 aliphatic heterocycles. The molecule has 3 aromatic carbocycles. The molecule has 0 unspecified atom stereocenters. The number of ether oxygens (including phenoxy) is 5. The first kappa shape index (κ1) is 35.3. The zero-order valence-electron chi connectivity index (χ0n) is 25.9. The van der Waals surface area contributed by atoms with Gasteiger partial charge >= 0.3 is 17.9 Å². The van der Waals surface area contributed by atoms with Crippen LogP contribution in [0.1, 0.15) is 37.7 Å². The summed E-state index contributed by atoms with van der Waals surface area (Å²) < 4.78 is 26.8. The van der Waals surface area contributed by atoms with E-state index in [-0.39, 0.29) is 12.2 Å². The number of esters is 3. The lowest BCUT2D eigenvalue weighted by atomic mass is 10.1. The van der Waals surface area contributed by atoms with Crippen LogP contribution in [0, 0.1) is 0 Å². The van der Waals surface area contributed by atoms with Gasteiger partial charge in [0.05, 0.1) is 38.6 Å². The van der Waals surface area contributed by atoms with Crippen molar-refractivity contribution in [1.29, 1.82) is 0 Å². The molecule has 0 aliphatic rings. The van der Waals surface area contributed by atoms with Gasteiger partial charge in [0.25, 0.3) is 0 Å². The molecule has 0 saturated carbocycles. The van der Waals surface area contributed by atoms with Gasteiger partial charge in [-0.2, -0.15) is 0 Å². The van der Waals surface area contributed by atoms with Gasteiger partial charge < -0.3 is 28.8 Å². The first-order valence-corrected chi connectivity index (χ1v) is 15.1. The lowest BCUT2D eigenvalue weighted by Crippen LogP contribution is -2.12. The summed E-state index contributed by atoms with van der Waals surface area (Å²) in [4.78, 5) is 34.8. The average molecular weight is 629 g/mol. The third-order valence-electron chi connectivity index (χ3n) is 6.54. The monoisotopic (exact) mass is 628 g/mol. The first-order valence-electron chi connectivity index (χ1n) is 15.1. The van der Waals surface area contributed by atoms with Crippen LogP contribution in [-0.4, -0.2) is 56.0 Å². The van der Waals surface area contributed by atoms with E-state index < -0.39 is 24.5 Å². The van der Waals surface area contributed by atoms with Gasteiger partial charge in [-0.05, 0) is 84.8 Å². The predicted octanol–water partition coefficient (Wildman–Crippen LogP) is 6.50. The number of aliphatic hydroxyl groups is 1. The van der Waals surface area contributed by atoms with Crippen molar-refractivity contribution in [2.75, 3.05) is 33.0 Å². The van der Waals surface area contributed by atoms with E-state index >= 15 is 0 Å². The van der Waals surface area contributed by atoms with Gasteiger partial charge in [-0.15, -0.1) is 0 Å². The van der Waals surface area contributed by atoms with Gasteiger partial charge in [-0.25, -0.2) is 14.4 Å². The Morgan fingerprint density at radius 2 is 1.15 bits per heavy atom. The maximum Gasteiger partial charge on any atom is 0.336 e. The molecular formula is C37H40O9. The summed E-state index contributed by atoms with van der Waals surface area (Å²) >= 11 is 0. The van der Waals surface area contributed by atoms with Crippen molar-refractivity contribution in [1.82, 2.24) is 0 Å². The topological polar surface area (TPSA) is 118 Å². The molecule has 0 aromatic heterocycles. The number of hydrogen-bond donors (Lipinski definition) is 1. The fourth-order valence-corrected chi connectivity index (χ4v) is 4.01. The summed E-state index contributed by atoms with van der Waals surface area (Å²) in [7, 11) is 0. The van der Waals surface area contributed by atoms with Crippen molar-refractivity contribution < 1.29 is 43.2 Å². The van der Waals surface area contributed by atoms with Gasteiger partial charge in [0.2, 0.25) is 0 Å². The van der Waals surface area contributed by atoms with E-state index in [0.717, 1.165) is 54.2 Å². The Morgan fingerprint density at radius 1 is 0.630 bits per heavy atom. The van der Waals surface area contributed by atoms with Gasteiger partial charge in [0.15, 0.2) is 0 Å². The highest BCUT2D eigenvalue weighted by molar-refractivity contribution is 5.89. The van der Waals surface area contributed by atoms with Crippen LogP contribution in [0.4, 0.5) is 0 Å². The van der Waals surface area contributed by atoms with E-state index in [9.17, 15) is 14.4 Å². The van der Waals surface area contributed by atoms with Crippen LogP contribution in [0.2, 0.25) is 0 Å². The Hall–Kier alpha value is -5.15. The van der Waals surface area contributed by atoms with Crippen molar-refractivity contribution in [3.8, 4) is 28.4 Å². The SMILES string of the molecule is C=CC(=O)OCCCCCCOc1ccc(/C=C/C(=O)Oc2ccc(-c3ccc(OCCCOC(=O)C(=C)CO)cc3)cc2)cc1. The Morgan fingerprint density at radius 3 is 1.74 bits per heavy atom. The molecule has 0 radical (unpaired) electrons.